The van der Waals surface area contributed by atoms with E-state index in [0.717, 1.165) is 19.8 Å². The second-order valence-corrected chi connectivity index (χ2v) is 11.3. The van der Waals surface area contributed by atoms with Crippen molar-refractivity contribution in [1.82, 2.24) is 0 Å². The van der Waals surface area contributed by atoms with Crippen LogP contribution >= 0.6 is 0 Å². The summed E-state index contributed by atoms with van der Waals surface area (Å²) in [4.78, 5) is 24.7. The van der Waals surface area contributed by atoms with Crippen molar-refractivity contribution < 1.29 is 35.9 Å². The van der Waals surface area contributed by atoms with Crippen molar-refractivity contribution in [1.29, 1.82) is 0 Å². The summed E-state index contributed by atoms with van der Waals surface area (Å²) >= 11 is 0. The molecule has 1 aromatic rings. The average Bonchev–Trinajstić information content (AvgIpc) is 2.50. The summed E-state index contributed by atoms with van der Waals surface area (Å²) in [6, 6.07) is 3.47. The molecule has 1 aromatic carbocycles. The molecule has 0 unspecified atom stereocenters. The quantitative estimate of drug-likeness (QED) is 0.654. The van der Waals surface area contributed by atoms with Crippen LogP contribution in [0.1, 0.15) is 28.2 Å². The highest BCUT2D eigenvalue weighted by Gasteiger charge is 2.59. The van der Waals surface area contributed by atoms with Gasteiger partial charge in [-0.25, -0.2) is 16.8 Å². The predicted molar refractivity (Wildman–Crippen MR) is 97.7 cm³/mol. The van der Waals surface area contributed by atoms with Crippen LogP contribution in [0.3, 0.4) is 0 Å². The SMILES string of the molecule is COC(=O)[C@H]1C(c2c(C)cc(C)cc2C)[C@H](C(=O)OC)S(=O)(=O)CS1(=O)=O. The van der Waals surface area contributed by atoms with Crippen LogP contribution in [0, 0.1) is 20.8 Å². The number of aryl methyl sites for hydroxylation is 3. The van der Waals surface area contributed by atoms with E-state index in [-0.39, 0.29) is 0 Å². The normalized spacial score (nSPS) is 26.2. The molecule has 27 heavy (non-hydrogen) atoms. The highest BCUT2D eigenvalue weighted by molar-refractivity contribution is 8.10. The molecule has 0 bridgehead atoms. The Labute approximate surface area is 158 Å². The van der Waals surface area contributed by atoms with Gasteiger partial charge in [-0.1, -0.05) is 17.7 Å². The van der Waals surface area contributed by atoms with Crippen LogP contribution in [-0.4, -0.2) is 58.6 Å². The van der Waals surface area contributed by atoms with Crippen LogP contribution in [-0.2, 0) is 38.7 Å². The van der Waals surface area contributed by atoms with Gasteiger partial charge in [0, 0.05) is 5.92 Å². The van der Waals surface area contributed by atoms with E-state index in [0.29, 0.717) is 16.7 Å². The lowest BCUT2D eigenvalue weighted by Gasteiger charge is -2.36. The van der Waals surface area contributed by atoms with Gasteiger partial charge >= 0.3 is 11.9 Å². The molecule has 8 nitrogen and oxygen atoms in total. The van der Waals surface area contributed by atoms with E-state index in [2.05, 4.69) is 9.47 Å². The zero-order valence-electron chi connectivity index (χ0n) is 15.7. The molecular formula is C17H22O8S2. The predicted octanol–water partition coefficient (Wildman–Crippen LogP) is 0.579. The number of sulfone groups is 2. The van der Waals surface area contributed by atoms with E-state index in [1.807, 2.05) is 6.92 Å². The Hall–Kier alpha value is -1.94. The smallest absolute Gasteiger partial charge is 0.324 e. The Morgan fingerprint density at radius 1 is 0.852 bits per heavy atom. The molecule has 0 amide bonds. The molecule has 1 fully saturated rings. The van der Waals surface area contributed by atoms with Crippen molar-refractivity contribution in [3.8, 4) is 0 Å². The second-order valence-electron chi connectivity index (χ2n) is 6.67. The van der Waals surface area contributed by atoms with E-state index in [1.165, 1.54) is 0 Å². The van der Waals surface area contributed by atoms with Gasteiger partial charge in [0.05, 0.1) is 14.2 Å². The third kappa shape index (κ3) is 3.73. The number of carbonyl (C=O) groups is 2. The van der Waals surface area contributed by atoms with Gasteiger partial charge in [0.1, 0.15) is 0 Å². The first kappa shape index (κ1) is 21.4. The number of esters is 2. The molecule has 150 valence electrons. The number of hydrogen-bond donors (Lipinski definition) is 0. The third-order valence-corrected chi connectivity index (χ3v) is 9.84. The number of methoxy groups -OCH3 is 2. The van der Waals surface area contributed by atoms with Gasteiger partial charge in [-0.2, -0.15) is 0 Å². The summed E-state index contributed by atoms with van der Waals surface area (Å²) in [5, 5.41) is -4.97. The summed E-state index contributed by atoms with van der Waals surface area (Å²) in [6.45, 7) is 5.17. The molecule has 0 aliphatic carbocycles. The summed E-state index contributed by atoms with van der Waals surface area (Å²) < 4.78 is 60.1. The monoisotopic (exact) mass is 418 g/mol. The van der Waals surface area contributed by atoms with Crippen molar-refractivity contribution in [3.63, 3.8) is 0 Å². The van der Waals surface area contributed by atoms with Gasteiger partial charge in [-0.15, -0.1) is 0 Å². The number of carbonyl (C=O) groups excluding carboxylic acids is 2. The largest absolute Gasteiger partial charge is 0.468 e. The number of rotatable bonds is 3. The molecule has 0 aromatic heterocycles. The van der Waals surface area contributed by atoms with E-state index >= 15 is 0 Å². The van der Waals surface area contributed by atoms with Gasteiger partial charge in [0.15, 0.2) is 35.3 Å². The third-order valence-electron chi connectivity index (χ3n) is 4.69. The maximum atomic E-state index is 12.7. The number of hydrogen-bond acceptors (Lipinski definition) is 8. The van der Waals surface area contributed by atoms with Crippen molar-refractivity contribution in [2.45, 2.75) is 37.2 Å². The number of benzene rings is 1. The molecule has 0 spiro atoms. The van der Waals surface area contributed by atoms with Crippen LogP contribution in [0.15, 0.2) is 12.1 Å². The van der Waals surface area contributed by atoms with Crippen molar-refractivity contribution in [2.75, 3.05) is 19.3 Å². The molecule has 1 aliphatic rings. The van der Waals surface area contributed by atoms with E-state index in [1.54, 1.807) is 26.0 Å². The standard InChI is InChI=1S/C17H22O8S2/c1-9-6-10(2)12(11(3)7-9)13-14(16(18)24-4)26(20,21)8-27(22,23)15(13)17(19)25-5/h6-7,13-15H,8H2,1-5H3/t14-,15-/m1/s1. The summed E-state index contributed by atoms with van der Waals surface area (Å²) in [7, 11) is -6.83. The van der Waals surface area contributed by atoms with Crippen LogP contribution in [0.5, 0.6) is 0 Å². The van der Waals surface area contributed by atoms with Gasteiger partial charge in [-0.3, -0.25) is 9.59 Å². The van der Waals surface area contributed by atoms with Gasteiger partial charge < -0.3 is 9.47 Å². The molecule has 1 saturated heterocycles. The molecule has 1 aliphatic heterocycles. The first-order chi connectivity index (χ1) is 12.4. The van der Waals surface area contributed by atoms with Gasteiger partial charge in [0.2, 0.25) is 0 Å². The Morgan fingerprint density at radius 3 is 1.56 bits per heavy atom. The van der Waals surface area contributed by atoms with Crippen molar-refractivity contribution in [3.05, 3.63) is 34.4 Å². The molecule has 2 atom stereocenters. The van der Waals surface area contributed by atoms with E-state index in [4.69, 9.17) is 0 Å². The van der Waals surface area contributed by atoms with Crippen LogP contribution in [0.2, 0.25) is 0 Å². The fraction of sp³-hybridized carbons (Fsp3) is 0.529. The van der Waals surface area contributed by atoms with Crippen LogP contribution < -0.4 is 0 Å². The summed E-state index contributed by atoms with van der Waals surface area (Å²) in [5.41, 5.74) is 2.35. The Balaban J connectivity index is 2.92. The fourth-order valence-electron chi connectivity index (χ4n) is 3.82. The van der Waals surface area contributed by atoms with Crippen LogP contribution in [0.4, 0.5) is 0 Å². The fourth-order valence-corrected chi connectivity index (χ4v) is 9.18. The lowest BCUT2D eigenvalue weighted by Crippen LogP contribution is -2.55. The maximum Gasteiger partial charge on any atom is 0.324 e. The molecular weight excluding hydrogens is 396 g/mol. The summed E-state index contributed by atoms with van der Waals surface area (Å²) in [5.74, 6) is -3.68. The lowest BCUT2D eigenvalue weighted by atomic mass is 9.84. The first-order valence-electron chi connectivity index (χ1n) is 8.04. The minimum Gasteiger partial charge on any atom is -0.468 e. The van der Waals surface area contributed by atoms with Crippen molar-refractivity contribution in [2.24, 2.45) is 0 Å². The first-order valence-corrected chi connectivity index (χ1v) is 11.5. The van der Waals surface area contributed by atoms with E-state index < -0.39 is 53.1 Å². The minimum absolute atomic E-state index is 0.318. The highest BCUT2D eigenvalue weighted by Crippen LogP contribution is 2.41. The van der Waals surface area contributed by atoms with Crippen LogP contribution in [0.25, 0.3) is 0 Å². The molecule has 0 N–H and O–H groups in total. The maximum absolute atomic E-state index is 12.7. The topological polar surface area (TPSA) is 121 Å². The molecule has 0 saturated carbocycles. The molecule has 10 heteroatoms. The van der Waals surface area contributed by atoms with Gasteiger partial charge in [0.25, 0.3) is 0 Å². The highest BCUT2D eigenvalue weighted by atomic mass is 32.3. The van der Waals surface area contributed by atoms with Crippen molar-refractivity contribution >= 4 is 31.6 Å². The van der Waals surface area contributed by atoms with Gasteiger partial charge in [-0.05, 0) is 37.5 Å². The Bertz CT molecular complexity index is 917. The second kappa shape index (κ2) is 7.23. The molecule has 1 heterocycles. The zero-order valence-corrected chi connectivity index (χ0v) is 17.3. The average molecular weight is 418 g/mol. The molecule has 2 rings (SSSR count). The Morgan fingerprint density at radius 2 is 1.22 bits per heavy atom. The minimum atomic E-state index is -4.43. The molecule has 0 radical (unpaired) electrons. The van der Waals surface area contributed by atoms with E-state index in [9.17, 15) is 26.4 Å². The lowest BCUT2D eigenvalue weighted by molar-refractivity contribution is -0.142. The zero-order chi connectivity index (χ0) is 20.7. The Kier molecular flexibility index (Phi) is 5.72. The number of ether oxygens (including phenoxy) is 2. The summed E-state index contributed by atoms with van der Waals surface area (Å²) in [6.07, 6.45) is 0.